The number of aliphatic hydroxyl groups is 10. The molecule has 63 heavy (non-hydrogen) atoms. The van der Waals surface area contributed by atoms with E-state index in [0.29, 0.717) is 31.6 Å². The second kappa shape index (κ2) is 20.0. The first-order valence-electron chi connectivity index (χ1n) is 22.7. The summed E-state index contributed by atoms with van der Waals surface area (Å²) < 4.78 is 35.0. The lowest BCUT2D eigenvalue weighted by atomic mass is 9.47. The maximum atomic E-state index is 14.0. The molecule has 6 fully saturated rings. The lowest BCUT2D eigenvalue weighted by molar-refractivity contribution is -0.369. The van der Waals surface area contributed by atoms with E-state index in [-0.39, 0.29) is 57.3 Å². The first-order valence-corrected chi connectivity index (χ1v) is 23.9. The van der Waals surface area contributed by atoms with Gasteiger partial charge in [-0.05, 0) is 80.5 Å². The van der Waals surface area contributed by atoms with Gasteiger partial charge in [-0.15, -0.1) is 0 Å². The van der Waals surface area contributed by atoms with Crippen LogP contribution in [0.25, 0.3) is 0 Å². The zero-order valence-corrected chi connectivity index (χ0v) is 38.5. The van der Waals surface area contributed by atoms with Gasteiger partial charge >= 0.3 is 0 Å². The smallest absolute Gasteiger partial charge is 0.187 e. The van der Waals surface area contributed by atoms with Crippen molar-refractivity contribution in [2.24, 2.45) is 40.4 Å². The third kappa shape index (κ3) is 9.50. The van der Waals surface area contributed by atoms with Crippen molar-refractivity contribution in [3.8, 4) is 0 Å². The summed E-state index contributed by atoms with van der Waals surface area (Å²) >= 11 is 2.16. The van der Waals surface area contributed by atoms with Gasteiger partial charge in [0.15, 0.2) is 18.9 Å². The maximum absolute atomic E-state index is 14.0. The fraction of sp³-hybridized carbons (Fsp3) is 0.909. The SMILES string of the molecule is CC1O[C@@H](O[C@H]2C(O)[C@H](O)C(CO)O[C@H]2OC2CC[C@@]3(C)C(=CC[C@H]4[C@@H]5CC(=O)[C@H]([C@H](C)C(=O)CC[C@@H](I)CO[C@@H]6OC(CO)[C@@H](O)C(O)[C@@H]6O)[C@@]5(C)CC[C@@H]43)C2)[C@@H](O)C(O)[C@H]1O. The lowest BCUT2D eigenvalue weighted by Crippen LogP contribution is -2.64. The Bertz CT molecular complexity index is 1640. The largest absolute Gasteiger partial charge is 0.394 e. The van der Waals surface area contributed by atoms with E-state index in [2.05, 4.69) is 42.5 Å². The summed E-state index contributed by atoms with van der Waals surface area (Å²) in [5.74, 6) is -0.0260. The summed E-state index contributed by atoms with van der Waals surface area (Å²) in [6, 6.07) is 0. The Morgan fingerprint density at radius 3 is 2.11 bits per heavy atom. The highest BCUT2D eigenvalue weighted by Gasteiger charge is 2.63. The predicted molar refractivity (Wildman–Crippen MR) is 226 cm³/mol. The third-order valence-corrected chi connectivity index (χ3v) is 17.2. The van der Waals surface area contributed by atoms with Crippen molar-refractivity contribution in [3.05, 3.63) is 11.6 Å². The Kier molecular flexibility index (Phi) is 15.9. The van der Waals surface area contributed by atoms with Crippen LogP contribution in [0.3, 0.4) is 0 Å². The summed E-state index contributed by atoms with van der Waals surface area (Å²) in [5, 5.41) is 103. The molecule has 0 aromatic carbocycles. The quantitative estimate of drug-likeness (QED) is 0.0590. The fourth-order valence-corrected chi connectivity index (χ4v) is 12.9. The Hall–Kier alpha value is -0.830. The molecule has 0 bridgehead atoms. The first-order chi connectivity index (χ1) is 29.7. The van der Waals surface area contributed by atoms with Gasteiger partial charge in [0, 0.05) is 28.6 Å². The molecule has 0 radical (unpaired) electrons. The number of ketones is 2. The van der Waals surface area contributed by atoms with Crippen LogP contribution in [-0.2, 0) is 38.0 Å². The molecule has 7 unspecified atom stereocenters. The second-order valence-electron chi connectivity index (χ2n) is 19.9. The first kappa shape index (κ1) is 50.1. The number of halogens is 1. The molecule has 3 saturated heterocycles. The summed E-state index contributed by atoms with van der Waals surface area (Å²) in [7, 11) is 0. The normalized spacial score (nSPS) is 49.9. The molecule has 360 valence electrons. The molecule has 3 saturated carbocycles. The second-order valence-corrected chi connectivity index (χ2v) is 21.6. The monoisotopic (exact) mass is 1010 g/mol. The van der Waals surface area contributed by atoms with Gasteiger partial charge in [0.05, 0.1) is 32.0 Å². The van der Waals surface area contributed by atoms with E-state index < -0.39 is 117 Å². The number of alkyl halides is 1. The van der Waals surface area contributed by atoms with Crippen LogP contribution in [0.1, 0.15) is 85.5 Å². The van der Waals surface area contributed by atoms with Crippen LogP contribution in [0, 0.1) is 40.4 Å². The highest BCUT2D eigenvalue weighted by molar-refractivity contribution is 14.1. The van der Waals surface area contributed by atoms with Gasteiger partial charge < -0.3 is 79.5 Å². The van der Waals surface area contributed by atoms with Gasteiger partial charge in [0.25, 0.3) is 0 Å². The molecule has 3 aliphatic heterocycles. The Morgan fingerprint density at radius 1 is 0.794 bits per heavy atom. The van der Waals surface area contributed by atoms with Crippen LogP contribution in [0.4, 0.5) is 0 Å². The Morgan fingerprint density at radius 2 is 1.43 bits per heavy atom. The van der Waals surface area contributed by atoms with E-state index in [1.165, 1.54) is 12.5 Å². The topological polar surface area (TPSA) is 292 Å². The number of hydrogen-bond donors (Lipinski definition) is 10. The highest BCUT2D eigenvalue weighted by atomic mass is 127. The maximum Gasteiger partial charge on any atom is 0.187 e. The van der Waals surface area contributed by atoms with Gasteiger partial charge in [0.1, 0.15) is 78.7 Å². The minimum Gasteiger partial charge on any atom is -0.394 e. The standard InChI is InChI=1S/C44H69IO18/c1-18(26(48)8-6-21(45)17-58-40-37(56)35(54)32(51)28(15-46)61-40)30-27(49)14-25-23-7-5-20-13-22(9-11-43(20,3)24(23)10-12-44(25,30)4)60-42-39(36(55)33(52)29(16-47)62-42)63-41-38(57)34(53)31(50)19(2)59-41/h5,18-19,21-25,28-42,46-47,50-57H,6-17H2,1-4H3/t18-,19?,21-,22?,23-,24+,25+,28?,29?,30+,31+,32-,33-,34?,35?,36?,37+,38+,39+,40-,41+,42-,43+,44+/m1/s1. The van der Waals surface area contributed by atoms with Gasteiger partial charge in [-0.25, -0.2) is 0 Å². The number of ether oxygens (including phenoxy) is 6. The van der Waals surface area contributed by atoms with Crippen molar-refractivity contribution in [2.45, 2.75) is 188 Å². The van der Waals surface area contributed by atoms with Gasteiger partial charge in [-0.3, -0.25) is 9.59 Å². The average molecular weight is 1010 g/mol. The number of rotatable bonds is 14. The van der Waals surface area contributed by atoms with Crippen LogP contribution in [0.15, 0.2) is 11.6 Å². The van der Waals surface area contributed by atoms with Crippen molar-refractivity contribution < 1.29 is 89.1 Å². The van der Waals surface area contributed by atoms with Crippen LogP contribution in [-0.4, -0.2) is 185 Å². The van der Waals surface area contributed by atoms with Crippen LogP contribution >= 0.6 is 22.6 Å². The van der Waals surface area contributed by atoms with Crippen molar-refractivity contribution in [2.75, 3.05) is 19.8 Å². The molecular formula is C44H69IO18. The predicted octanol–water partition coefficient (Wildman–Crippen LogP) is -0.613. The van der Waals surface area contributed by atoms with E-state index in [4.69, 9.17) is 28.4 Å². The van der Waals surface area contributed by atoms with Crippen molar-refractivity contribution in [1.29, 1.82) is 0 Å². The van der Waals surface area contributed by atoms with Crippen LogP contribution in [0.5, 0.6) is 0 Å². The van der Waals surface area contributed by atoms with E-state index in [0.717, 1.165) is 25.7 Å². The van der Waals surface area contributed by atoms with E-state index >= 15 is 0 Å². The number of carbonyl (C=O) groups excluding carboxylic acids is 2. The zero-order valence-electron chi connectivity index (χ0n) is 36.4. The van der Waals surface area contributed by atoms with Crippen LogP contribution < -0.4 is 0 Å². The zero-order chi connectivity index (χ0) is 45.9. The number of Topliss-reactive ketones (excluding diaryl/α,β-unsaturated/α-hetero) is 2. The number of hydrogen-bond acceptors (Lipinski definition) is 18. The van der Waals surface area contributed by atoms with E-state index in [9.17, 15) is 60.7 Å². The highest BCUT2D eigenvalue weighted by Crippen LogP contribution is 2.66. The molecule has 24 atom stereocenters. The van der Waals surface area contributed by atoms with Crippen molar-refractivity contribution >= 4 is 34.2 Å². The number of aliphatic hydroxyl groups excluding tert-OH is 10. The van der Waals surface area contributed by atoms with Gasteiger partial charge in [-0.2, -0.15) is 0 Å². The minimum atomic E-state index is -1.67. The molecule has 0 aromatic heterocycles. The summed E-state index contributed by atoms with van der Waals surface area (Å²) in [6.07, 6.45) is -13.4. The Balaban J connectivity index is 0.964. The van der Waals surface area contributed by atoms with E-state index in [1.54, 1.807) is 0 Å². The van der Waals surface area contributed by atoms with Crippen molar-refractivity contribution in [3.63, 3.8) is 0 Å². The molecule has 7 rings (SSSR count). The summed E-state index contributed by atoms with van der Waals surface area (Å²) in [5.41, 5.74) is 0.732. The van der Waals surface area contributed by atoms with Gasteiger partial charge in [-0.1, -0.05) is 55.0 Å². The number of fused-ring (bicyclic) bond motifs is 5. The average Bonchev–Trinajstić information content (AvgIpc) is 3.54. The molecule has 4 aliphatic carbocycles. The molecule has 0 spiro atoms. The molecule has 0 aromatic rings. The molecule has 7 aliphatic rings. The molecule has 18 nitrogen and oxygen atoms in total. The minimum absolute atomic E-state index is 0.0123. The van der Waals surface area contributed by atoms with E-state index in [1.807, 2.05) is 6.92 Å². The lowest BCUT2D eigenvalue weighted by Gasteiger charge is -2.58. The fourth-order valence-electron chi connectivity index (χ4n) is 12.4. The molecule has 0 amide bonds. The summed E-state index contributed by atoms with van der Waals surface area (Å²) in [4.78, 5) is 27.8. The van der Waals surface area contributed by atoms with Crippen molar-refractivity contribution in [1.82, 2.24) is 0 Å². The van der Waals surface area contributed by atoms with Crippen LogP contribution in [0.2, 0.25) is 0 Å². The number of allylic oxidation sites excluding steroid dienone is 1. The molecule has 10 N–H and O–H groups in total. The third-order valence-electron chi connectivity index (χ3n) is 16.2. The Labute approximate surface area is 381 Å². The number of carbonyl (C=O) groups is 2. The molecule has 3 heterocycles. The summed E-state index contributed by atoms with van der Waals surface area (Å²) in [6.45, 7) is 6.80. The molecular weight excluding hydrogens is 943 g/mol. The van der Waals surface area contributed by atoms with Gasteiger partial charge in [0.2, 0.25) is 0 Å². The molecule has 19 heteroatoms.